The van der Waals surface area contributed by atoms with Crippen molar-refractivity contribution in [2.24, 2.45) is 5.84 Å². The summed E-state index contributed by atoms with van der Waals surface area (Å²) in [7, 11) is 0. The summed E-state index contributed by atoms with van der Waals surface area (Å²) >= 11 is 0. The highest BCUT2D eigenvalue weighted by Crippen LogP contribution is 2.08. The van der Waals surface area contributed by atoms with Crippen LogP contribution in [0.2, 0.25) is 0 Å². The zero-order chi connectivity index (χ0) is 13.0. The molecule has 7 nitrogen and oxygen atoms in total. The van der Waals surface area contributed by atoms with Crippen LogP contribution in [0.3, 0.4) is 0 Å². The number of carbonyl (C=O) groups is 2. The Hall–Kier alpha value is -2.67. The van der Waals surface area contributed by atoms with Crippen molar-refractivity contribution in [1.29, 1.82) is 0 Å². The second-order valence-electron chi connectivity index (χ2n) is 3.48. The first kappa shape index (κ1) is 11.8. The Bertz CT molecular complexity index is 564. The number of rotatable bonds is 3. The van der Waals surface area contributed by atoms with E-state index in [4.69, 9.17) is 5.84 Å². The van der Waals surface area contributed by atoms with E-state index in [0.717, 1.165) is 0 Å². The summed E-state index contributed by atoms with van der Waals surface area (Å²) in [5.74, 6) is 4.02. The summed E-state index contributed by atoms with van der Waals surface area (Å²) in [5, 5.41) is 2.65. The number of hydrogen-bond acceptors (Lipinski definition) is 3. The van der Waals surface area contributed by atoms with E-state index >= 15 is 0 Å². The number of carbonyl (C=O) groups excluding carboxylic acids is 2. The highest BCUT2D eigenvalue weighted by Gasteiger charge is 2.25. The van der Waals surface area contributed by atoms with Gasteiger partial charge in [-0.15, -0.1) is 0 Å². The Morgan fingerprint density at radius 3 is 2.56 bits per heavy atom. The van der Waals surface area contributed by atoms with E-state index in [1.54, 1.807) is 24.3 Å². The average molecular weight is 246 g/mol. The Morgan fingerprint density at radius 1 is 1.17 bits per heavy atom. The van der Waals surface area contributed by atoms with E-state index in [9.17, 15) is 9.59 Å². The maximum atomic E-state index is 11.9. The predicted molar refractivity (Wildman–Crippen MR) is 63.4 cm³/mol. The SMILES string of the molecule is NNC(=O)c1[nH+]c[nH]c1C(=O)Nc1ccccc1. The first-order valence-corrected chi connectivity index (χ1v) is 5.18. The molecule has 1 heterocycles. The minimum Gasteiger partial charge on any atom is -0.319 e. The van der Waals surface area contributed by atoms with Gasteiger partial charge in [-0.1, -0.05) is 18.2 Å². The highest BCUT2D eigenvalue weighted by molar-refractivity contribution is 6.09. The van der Waals surface area contributed by atoms with Gasteiger partial charge in [0.1, 0.15) is 0 Å². The number of hydrogen-bond donors (Lipinski definition) is 4. The van der Waals surface area contributed by atoms with E-state index in [2.05, 4.69) is 15.3 Å². The molecule has 2 aromatic rings. The molecule has 0 atom stereocenters. The molecule has 0 bridgehead atoms. The Labute approximate surface area is 102 Å². The van der Waals surface area contributed by atoms with Crippen molar-refractivity contribution < 1.29 is 14.6 Å². The van der Waals surface area contributed by atoms with E-state index in [0.29, 0.717) is 5.69 Å². The van der Waals surface area contributed by atoms with Gasteiger partial charge >= 0.3 is 5.91 Å². The molecule has 7 heteroatoms. The summed E-state index contributed by atoms with van der Waals surface area (Å²) in [5.41, 5.74) is 2.78. The van der Waals surface area contributed by atoms with Gasteiger partial charge in [-0.2, -0.15) is 0 Å². The van der Waals surface area contributed by atoms with Crippen molar-refractivity contribution in [2.45, 2.75) is 0 Å². The number of aromatic nitrogens is 2. The van der Waals surface area contributed by atoms with Crippen LogP contribution in [-0.4, -0.2) is 16.8 Å². The van der Waals surface area contributed by atoms with Gasteiger partial charge in [0.2, 0.25) is 17.7 Å². The van der Waals surface area contributed by atoms with Crippen molar-refractivity contribution in [2.75, 3.05) is 5.32 Å². The smallest absolute Gasteiger partial charge is 0.309 e. The summed E-state index contributed by atoms with van der Waals surface area (Å²) in [4.78, 5) is 28.6. The molecular weight excluding hydrogens is 234 g/mol. The van der Waals surface area contributed by atoms with E-state index in [1.165, 1.54) is 6.33 Å². The number of nitrogen functional groups attached to an aromatic ring is 1. The van der Waals surface area contributed by atoms with Crippen molar-refractivity contribution in [3.63, 3.8) is 0 Å². The number of hydrazine groups is 1. The number of H-pyrrole nitrogens is 2. The van der Waals surface area contributed by atoms with Gasteiger partial charge in [-0.25, -0.2) is 15.8 Å². The Balaban J connectivity index is 2.20. The van der Waals surface area contributed by atoms with Crippen LogP contribution in [0, 0.1) is 0 Å². The second-order valence-corrected chi connectivity index (χ2v) is 3.48. The van der Waals surface area contributed by atoms with Crippen LogP contribution in [0.15, 0.2) is 36.7 Å². The van der Waals surface area contributed by atoms with Crippen LogP contribution < -0.4 is 21.6 Å². The lowest BCUT2D eigenvalue weighted by Crippen LogP contribution is -2.35. The maximum absolute atomic E-state index is 11.9. The molecule has 18 heavy (non-hydrogen) atoms. The van der Waals surface area contributed by atoms with Gasteiger partial charge < -0.3 is 5.32 Å². The molecule has 0 aliphatic rings. The van der Waals surface area contributed by atoms with Crippen LogP contribution in [0.4, 0.5) is 5.69 Å². The summed E-state index contributed by atoms with van der Waals surface area (Å²) in [6, 6.07) is 8.92. The Morgan fingerprint density at radius 2 is 1.89 bits per heavy atom. The van der Waals surface area contributed by atoms with E-state index in [1.807, 2.05) is 11.5 Å². The zero-order valence-electron chi connectivity index (χ0n) is 9.36. The van der Waals surface area contributed by atoms with Crippen LogP contribution in [0.1, 0.15) is 21.0 Å². The third-order valence-corrected chi connectivity index (χ3v) is 2.30. The minimum absolute atomic E-state index is 0.0749. The van der Waals surface area contributed by atoms with Gasteiger partial charge in [0.25, 0.3) is 5.91 Å². The fourth-order valence-electron chi connectivity index (χ4n) is 1.47. The van der Waals surface area contributed by atoms with Crippen molar-refractivity contribution in [3.05, 3.63) is 48.0 Å². The zero-order valence-corrected chi connectivity index (χ0v) is 9.36. The normalized spacial score (nSPS) is 9.83. The fraction of sp³-hybridized carbons (Fsp3) is 0. The molecule has 6 N–H and O–H groups in total. The summed E-state index contributed by atoms with van der Waals surface area (Å²) in [6.07, 6.45) is 1.38. The summed E-state index contributed by atoms with van der Waals surface area (Å²) < 4.78 is 0. The molecule has 1 aromatic carbocycles. The first-order chi connectivity index (χ1) is 8.72. The molecule has 2 rings (SSSR count). The molecule has 2 amide bonds. The number of amides is 2. The molecule has 1 aromatic heterocycles. The molecule has 0 fully saturated rings. The summed E-state index contributed by atoms with van der Waals surface area (Å²) in [6.45, 7) is 0. The highest BCUT2D eigenvalue weighted by atomic mass is 16.2. The minimum atomic E-state index is -0.575. The lowest BCUT2D eigenvalue weighted by molar-refractivity contribution is -0.379. The lowest BCUT2D eigenvalue weighted by Gasteiger charge is -2.01. The second kappa shape index (κ2) is 5.11. The van der Waals surface area contributed by atoms with E-state index in [-0.39, 0.29) is 11.4 Å². The molecule has 0 aliphatic heterocycles. The molecule has 0 aliphatic carbocycles. The molecule has 0 saturated carbocycles. The number of benzene rings is 1. The quantitative estimate of drug-likeness (QED) is 0.338. The lowest BCUT2D eigenvalue weighted by atomic mass is 10.2. The van der Waals surface area contributed by atoms with Crippen LogP contribution in [0.5, 0.6) is 0 Å². The molecule has 92 valence electrons. The van der Waals surface area contributed by atoms with Gasteiger partial charge in [0.05, 0.1) is 0 Å². The van der Waals surface area contributed by atoms with Gasteiger partial charge in [0.15, 0.2) is 0 Å². The van der Waals surface area contributed by atoms with Gasteiger partial charge in [0, 0.05) is 5.69 Å². The van der Waals surface area contributed by atoms with Crippen LogP contribution in [0.25, 0.3) is 0 Å². The fourth-order valence-corrected chi connectivity index (χ4v) is 1.47. The van der Waals surface area contributed by atoms with Crippen LogP contribution in [-0.2, 0) is 0 Å². The number of aromatic amines is 2. The first-order valence-electron chi connectivity index (χ1n) is 5.18. The van der Waals surface area contributed by atoms with Gasteiger partial charge in [-0.05, 0) is 12.1 Å². The van der Waals surface area contributed by atoms with Crippen molar-refractivity contribution >= 4 is 17.5 Å². The molecular formula is C11H12N5O2+. The third-order valence-electron chi connectivity index (χ3n) is 2.30. The predicted octanol–water partition coefficient (Wildman–Crippen LogP) is -0.315. The Kier molecular flexibility index (Phi) is 3.35. The van der Waals surface area contributed by atoms with Gasteiger partial charge in [-0.3, -0.25) is 15.0 Å². The number of imidazole rings is 1. The largest absolute Gasteiger partial charge is 0.319 e. The average Bonchev–Trinajstić information content (AvgIpc) is 2.88. The third kappa shape index (κ3) is 2.36. The maximum Gasteiger partial charge on any atom is 0.309 e. The topological polar surface area (TPSA) is 114 Å². The number of nitrogens with one attached hydrogen (secondary N) is 4. The number of anilines is 1. The van der Waals surface area contributed by atoms with Crippen molar-refractivity contribution in [1.82, 2.24) is 10.4 Å². The number of para-hydroxylation sites is 1. The molecule has 0 radical (unpaired) electrons. The molecule has 0 saturated heterocycles. The molecule has 0 spiro atoms. The van der Waals surface area contributed by atoms with E-state index < -0.39 is 11.8 Å². The molecule has 0 unspecified atom stereocenters. The monoisotopic (exact) mass is 246 g/mol. The van der Waals surface area contributed by atoms with Crippen LogP contribution >= 0.6 is 0 Å². The number of nitrogens with two attached hydrogens (primary N) is 1. The standard InChI is InChI=1S/C11H11N5O2/c12-16-11(18)9-8(13-6-14-9)10(17)15-7-4-2-1-3-5-7/h1-6H,12H2,(H,13,14)(H,15,17)(H,16,18)/p+1. The van der Waals surface area contributed by atoms with Crippen molar-refractivity contribution in [3.8, 4) is 0 Å².